The number of para-hydroxylation sites is 1. The third kappa shape index (κ3) is 4.25. The van der Waals surface area contributed by atoms with Crippen LogP contribution in [0.15, 0.2) is 79.1 Å². The highest BCUT2D eigenvalue weighted by atomic mass is 16.6. The average molecular weight is 402 g/mol. The molecular formula is C21H18N6O3. The zero-order chi connectivity index (χ0) is 20.9. The molecule has 0 atom stereocenters. The monoisotopic (exact) mass is 402 g/mol. The molecule has 9 heteroatoms. The Morgan fingerprint density at radius 3 is 2.37 bits per heavy atom. The zero-order valence-corrected chi connectivity index (χ0v) is 15.9. The van der Waals surface area contributed by atoms with E-state index in [4.69, 9.17) is 5.10 Å². The molecule has 2 aromatic carbocycles. The summed E-state index contributed by atoms with van der Waals surface area (Å²) in [5, 5.41) is 22.0. The van der Waals surface area contributed by atoms with E-state index in [-0.39, 0.29) is 24.8 Å². The highest BCUT2D eigenvalue weighted by molar-refractivity contribution is 5.76. The summed E-state index contributed by atoms with van der Waals surface area (Å²) >= 11 is 0. The molecule has 0 saturated heterocycles. The van der Waals surface area contributed by atoms with Crippen molar-refractivity contribution in [1.29, 1.82) is 0 Å². The molecule has 0 spiro atoms. The van der Waals surface area contributed by atoms with Gasteiger partial charge in [0.2, 0.25) is 5.91 Å². The summed E-state index contributed by atoms with van der Waals surface area (Å²) in [6.45, 7) is 0.153. The normalized spacial score (nSPS) is 10.7. The Bertz CT molecular complexity index is 1170. The molecule has 2 aromatic heterocycles. The molecule has 0 bridgehead atoms. The Labute approximate surface area is 171 Å². The minimum Gasteiger partial charge on any atom is -0.358 e. The van der Waals surface area contributed by atoms with Crippen LogP contribution in [-0.4, -0.2) is 30.4 Å². The highest BCUT2D eigenvalue weighted by Gasteiger charge is 2.16. The molecule has 150 valence electrons. The average Bonchev–Trinajstić information content (AvgIpc) is 3.41. The fraction of sp³-hybridized carbons (Fsp3) is 0.0952. The Morgan fingerprint density at radius 1 is 1.00 bits per heavy atom. The summed E-state index contributed by atoms with van der Waals surface area (Å²) in [6, 6.07) is 20.7. The molecule has 0 aliphatic carbocycles. The van der Waals surface area contributed by atoms with Crippen molar-refractivity contribution >= 4 is 11.7 Å². The lowest BCUT2D eigenvalue weighted by atomic mass is 10.1. The van der Waals surface area contributed by atoms with Crippen LogP contribution in [0.25, 0.3) is 16.9 Å². The number of hydrogen-bond acceptors (Lipinski definition) is 5. The largest absolute Gasteiger partial charge is 0.389 e. The Hall–Kier alpha value is -4.27. The van der Waals surface area contributed by atoms with E-state index < -0.39 is 4.92 Å². The molecule has 4 aromatic rings. The lowest BCUT2D eigenvalue weighted by molar-refractivity contribution is -0.389. The zero-order valence-electron chi connectivity index (χ0n) is 15.9. The van der Waals surface area contributed by atoms with Crippen LogP contribution >= 0.6 is 0 Å². The van der Waals surface area contributed by atoms with Crippen molar-refractivity contribution in [2.45, 2.75) is 13.1 Å². The van der Waals surface area contributed by atoms with E-state index in [9.17, 15) is 14.9 Å². The highest BCUT2D eigenvalue weighted by Crippen LogP contribution is 2.23. The smallest absolute Gasteiger partial charge is 0.358 e. The van der Waals surface area contributed by atoms with Crippen LogP contribution in [0.2, 0.25) is 0 Å². The van der Waals surface area contributed by atoms with Gasteiger partial charge in [0.05, 0.1) is 28.7 Å². The number of nitro groups is 1. The molecule has 30 heavy (non-hydrogen) atoms. The molecule has 0 fully saturated rings. The lowest BCUT2D eigenvalue weighted by Gasteiger charge is -2.05. The second kappa shape index (κ2) is 8.39. The summed E-state index contributed by atoms with van der Waals surface area (Å²) in [6.07, 6.45) is 3.29. The predicted octanol–water partition coefficient (Wildman–Crippen LogP) is 2.96. The number of nitrogens with one attached hydrogen (secondary N) is 1. The Balaban J connectivity index is 1.53. The van der Waals surface area contributed by atoms with Gasteiger partial charge in [0.25, 0.3) is 0 Å². The van der Waals surface area contributed by atoms with Gasteiger partial charge in [-0.05, 0) is 17.1 Å². The first kappa shape index (κ1) is 19.1. The van der Waals surface area contributed by atoms with Crippen LogP contribution in [0, 0.1) is 10.1 Å². The molecule has 0 saturated carbocycles. The van der Waals surface area contributed by atoms with Crippen molar-refractivity contribution in [3.63, 3.8) is 0 Å². The molecule has 9 nitrogen and oxygen atoms in total. The second-order valence-electron chi connectivity index (χ2n) is 6.55. The molecular weight excluding hydrogens is 384 g/mol. The molecule has 1 N–H and O–H groups in total. The van der Waals surface area contributed by atoms with E-state index in [1.54, 1.807) is 4.68 Å². The van der Waals surface area contributed by atoms with Gasteiger partial charge in [0, 0.05) is 23.9 Å². The summed E-state index contributed by atoms with van der Waals surface area (Å²) in [7, 11) is 0. The third-order valence-corrected chi connectivity index (χ3v) is 4.45. The third-order valence-electron chi connectivity index (χ3n) is 4.45. The Morgan fingerprint density at radius 2 is 1.70 bits per heavy atom. The van der Waals surface area contributed by atoms with Gasteiger partial charge in [-0.25, -0.2) is 4.68 Å². The van der Waals surface area contributed by atoms with Gasteiger partial charge in [-0.2, -0.15) is 9.78 Å². The van der Waals surface area contributed by atoms with E-state index in [1.807, 2.05) is 66.9 Å². The molecule has 0 aliphatic heterocycles. The van der Waals surface area contributed by atoms with Gasteiger partial charge in [-0.15, -0.1) is 0 Å². The second-order valence-corrected chi connectivity index (χ2v) is 6.55. The fourth-order valence-corrected chi connectivity index (χ4v) is 3.02. The first-order chi connectivity index (χ1) is 14.6. The molecule has 0 radical (unpaired) electrons. The number of carbonyl (C=O) groups excluding carboxylic acids is 1. The van der Waals surface area contributed by atoms with E-state index in [1.165, 1.54) is 16.9 Å². The van der Waals surface area contributed by atoms with E-state index >= 15 is 0 Å². The molecule has 0 aliphatic rings. The van der Waals surface area contributed by atoms with E-state index in [2.05, 4.69) is 10.4 Å². The van der Waals surface area contributed by atoms with Crippen molar-refractivity contribution in [2.24, 2.45) is 0 Å². The predicted molar refractivity (Wildman–Crippen MR) is 110 cm³/mol. The number of benzene rings is 2. The van der Waals surface area contributed by atoms with Crippen LogP contribution in [-0.2, 0) is 17.9 Å². The fourth-order valence-electron chi connectivity index (χ4n) is 3.02. The first-order valence-electron chi connectivity index (χ1n) is 9.24. The number of amides is 1. The molecule has 2 heterocycles. The number of aromatic nitrogens is 4. The van der Waals surface area contributed by atoms with E-state index in [0.29, 0.717) is 0 Å². The van der Waals surface area contributed by atoms with Crippen LogP contribution in [0.1, 0.15) is 5.56 Å². The minimum absolute atomic E-state index is 0.110. The van der Waals surface area contributed by atoms with Crippen molar-refractivity contribution in [3.8, 4) is 16.9 Å². The first-order valence-corrected chi connectivity index (χ1v) is 9.24. The van der Waals surface area contributed by atoms with Crippen LogP contribution < -0.4 is 5.32 Å². The SMILES string of the molecule is O=C(Cn1ccc([N+](=O)[O-])n1)NCc1cn(-c2ccccc2)nc1-c1ccccc1. The van der Waals surface area contributed by atoms with Gasteiger partial charge in [-0.3, -0.25) is 4.79 Å². The maximum atomic E-state index is 12.3. The minimum atomic E-state index is -0.599. The number of nitrogens with zero attached hydrogens (tertiary/aromatic N) is 5. The van der Waals surface area contributed by atoms with Crippen molar-refractivity contribution < 1.29 is 9.72 Å². The van der Waals surface area contributed by atoms with Gasteiger partial charge < -0.3 is 15.4 Å². The standard InChI is InChI=1S/C21H18N6O3/c28-20(15-25-12-11-19(23-25)27(29)30)22-13-17-14-26(18-9-5-2-6-10-18)24-21(17)16-7-3-1-4-8-16/h1-12,14H,13,15H2,(H,22,28). The van der Waals surface area contributed by atoms with Gasteiger partial charge in [0.15, 0.2) is 0 Å². The lowest BCUT2D eigenvalue weighted by Crippen LogP contribution is -2.27. The molecule has 4 rings (SSSR count). The summed E-state index contributed by atoms with van der Waals surface area (Å²) in [5.41, 5.74) is 3.48. The van der Waals surface area contributed by atoms with Crippen molar-refractivity contribution in [1.82, 2.24) is 24.9 Å². The van der Waals surface area contributed by atoms with Crippen LogP contribution in [0.5, 0.6) is 0 Å². The molecule has 0 unspecified atom stereocenters. The van der Waals surface area contributed by atoms with Gasteiger partial charge >= 0.3 is 5.82 Å². The van der Waals surface area contributed by atoms with Crippen molar-refractivity contribution in [3.05, 3.63) is 94.8 Å². The maximum Gasteiger partial charge on any atom is 0.389 e. The Kier molecular flexibility index (Phi) is 5.33. The topological polar surface area (TPSA) is 108 Å². The summed E-state index contributed by atoms with van der Waals surface area (Å²) in [5.74, 6) is -0.599. The number of rotatable bonds is 7. The van der Waals surface area contributed by atoms with Gasteiger partial charge in [0.1, 0.15) is 6.54 Å². The van der Waals surface area contributed by atoms with E-state index in [0.717, 1.165) is 22.5 Å². The molecule has 1 amide bonds. The maximum absolute atomic E-state index is 12.3. The summed E-state index contributed by atoms with van der Waals surface area (Å²) < 4.78 is 3.01. The van der Waals surface area contributed by atoms with Crippen LogP contribution in [0.4, 0.5) is 5.82 Å². The number of carbonyl (C=O) groups is 1. The van der Waals surface area contributed by atoms with Gasteiger partial charge in [-0.1, -0.05) is 48.5 Å². The van der Waals surface area contributed by atoms with Crippen molar-refractivity contribution in [2.75, 3.05) is 0 Å². The number of hydrogen-bond donors (Lipinski definition) is 1. The quantitative estimate of drug-likeness (QED) is 0.378. The summed E-state index contributed by atoms with van der Waals surface area (Å²) in [4.78, 5) is 22.4. The van der Waals surface area contributed by atoms with Crippen LogP contribution in [0.3, 0.4) is 0 Å².